The lowest BCUT2D eigenvalue weighted by molar-refractivity contribution is 0.178. The Balaban J connectivity index is 1.32. The Labute approximate surface area is 177 Å². The van der Waals surface area contributed by atoms with Crippen molar-refractivity contribution in [3.05, 3.63) is 47.4 Å². The van der Waals surface area contributed by atoms with Crippen LogP contribution in [0, 0.1) is 5.92 Å². The number of hydrogen-bond acceptors (Lipinski definition) is 8. The molecule has 0 radical (unpaired) electrons. The molecule has 1 N–H and O–H groups in total. The zero-order valence-corrected chi connectivity index (χ0v) is 16.9. The number of aromatic nitrogens is 4. The number of nitrogens with one attached hydrogen (secondary N) is 1. The van der Waals surface area contributed by atoms with Gasteiger partial charge in [0.1, 0.15) is 18.5 Å². The molecule has 2 fully saturated rings. The number of hydrogen-bond donors (Lipinski definition) is 1. The molecule has 3 aromatic rings. The van der Waals surface area contributed by atoms with Gasteiger partial charge < -0.3 is 14.6 Å². The summed E-state index contributed by atoms with van der Waals surface area (Å²) in [6.07, 6.45) is 3.46. The molecule has 0 spiro atoms. The molecule has 3 heterocycles. The van der Waals surface area contributed by atoms with Gasteiger partial charge in [0.2, 0.25) is 17.7 Å². The van der Waals surface area contributed by atoms with Crippen molar-refractivity contribution >= 4 is 29.5 Å². The van der Waals surface area contributed by atoms with E-state index in [1.165, 1.54) is 0 Å². The minimum atomic E-state index is -0.367. The topological polar surface area (TPSA) is 106 Å². The van der Waals surface area contributed by atoms with Gasteiger partial charge >= 0.3 is 6.09 Å². The van der Waals surface area contributed by atoms with Crippen LogP contribution in [0.1, 0.15) is 31.7 Å². The van der Waals surface area contributed by atoms with E-state index in [4.69, 9.17) is 20.9 Å². The van der Waals surface area contributed by atoms with E-state index in [0.717, 1.165) is 18.4 Å². The number of amides is 1. The van der Waals surface area contributed by atoms with Crippen molar-refractivity contribution in [3.8, 4) is 11.4 Å². The van der Waals surface area contributed by atoms with Gasteiger partial charge in [0.25, 0.3) is 0 Å². The number of rotatable bonds is 6. The third-order valence-corrected chi connectivity index (χ3v) is 5.47. The van der Waals surface area contributed by atoms with Gasteiger partial charge in [0.05, 0.1) is 6.04 Å². The van der Waals surface area contributed by atoms with Gasteiger partial charge in [-0.2, -0.15) is 9.97 Å². The van der Waals surface area contributed by atoms with Crippen LogP contribution >= 0.6 is 11.6 Å². The van der Waals surface area contributed by atoms with Gasteiger partial charge in [-0.05, 0) is 56.0 Å². The molecule has 0 bridgehead atoms. The number of halogens is 1. The molecule has 1 saturated heterocycles. The summed E-state index contributed by atoms with van der Waals surface area (Å²) >= 11 is 5.92. The Morgan fingerprint density at radius 2 is 2.00 bits per heavy atom. The lowest BCUT2D eigenvalue weighted by Crippen LogP contribution is -2.35. The summed E-state index contributed by atoms with van der Waals surface area (Å²) in [5, 5.41) is 7.82. The Kier molecular flexibility index (Phi) is 4.74. The number of nitrogens with zero attached hydrogens (tertiary/aromatic N) is 5. The number of ether oxygens (including phenoxy) is 1. The fourth-order valence-corrected chi connectivity index (χ4v) is 3.59. The lowest BCUT2D eigenvalue weighted by atomic mass is 10.2. The molecular formula is C20H19ClN6O3. The summed E-state index contributed by atoms with van der Waals surface area (Å²) in [6, 6.07) is 8.61. The molecule has 2 atom stereocenters. The Bertz CT molecular complexity index is 1070. The molecule has 1 amide bonds. The maximum atomic E-state index is 12.2. The van der Waals surface area contributed by atoms with Crippen LogP contribution in [0.4, 0.5) is 16.6 Å². The number of cyclic esters (lactones) is 1. The monoisotopic (exact) mass is 426 g/mol. The minimum absolute atomic E-state index is 0.0375. The van der Waals surface area contributed by atoms with Crippen LogP contribution in [0.3, 0.4) is 0 Å². The zero-order valence-electron chi connectivity index (χ0n) is 16.2. The highest BCUT2D eigenvalue weighted by atomic mass is 35.5. The largest absolute Gasteiger partial charge is 0.447 e. The first-order valence-corrected chi connectivity index (χ1v) is 10.1. The van der Waals surface area contributed by atoms with Gasteiger partial charge in [0, 0.05) is 16.8 Å². The quantitative estimate of drug-likeness (QED) is 0.628. The van der Waals surface area contributed by atoms with Crippen molar-refractivity contribution < 1.29 is 14.1 Å². The number of benzene rings is 1. The second-order valence-corrected chi connectivity index (χ2v) is 7.86. The third-order valence-electron chi connectivity index (χ3n) is 5.22. The predicted molar refractivity (Wildman–Crippen MR) is 109 cm³/mol. The highest BCUT2D eigenvalue weighted by Gasteiger charge is 2.44. The Hall–Kier alpha value is -3.20. The highest BCUT2D eigenvalue weighted by Crippen LogP contribution is 2.39. The molecule has 1 aliphatic carbocycles. The SMILES string of the molecule is C[C@H](Nc1nccc(N2C(=O)OC[C@@H]2C2CC2)n1)c1nc(-c2ccc(Cl)cc2)no1. The maximum Gasteiger partial charge on any atom is 0.415 e. The zero-order chi connectivity index (χ0) is 20.7. The number of anilines is 2. The lowest BCUT2D eigenvalue weighted by Gasteiger charge is -2.20. The molecule has 10 heteroatoms. The Morgan fingerprint density at radius 1 is 1.20 bits per heavy atom. The van der Waals surface area contributed by atoms with Crippen LogP contribution in [-0.2, 0) is 4.74 Å². The van der Waals surface area contributed by atoms with Gasteiger partial charge in [0.15, 0.2) is 0 Å². The number of carbonyl (C=O) groups is 1. The van der Waals surface area contributed by atoms with E-state index in [0.29, 0.717) is 41.0 Å². The first kappa shape index (κ1) is 18.8. The molecule has 30 heavy (non-hydrogen) atoms. The second kappa shape index (κ2) is 7.56. The van der Waals surface area contributed by atoms with Crippen LogP contribution < -0.4 is 10.2 Å². The predicted octanol–water partition coefficient (Wildman–Crippen LogP) is 4.09. The maximum absolute atomic E-state index is 12.2. The van der Waals surface area contributed by atoms with E-state index in [1.54, 1.807) is 29.3 Å². The van der Waals surface area contributed by atoms with Crippen molar-refractivity contribution in [2.24, 2.45) is 5.92 Å². The number of carbonyl (C=O) groups excluding carboxylic acids is 1. The summed E-state index contributed by atoms with van der Waals surface area (Å²) in [5.41, 5.74) is 0.804. The van der Waals surface area contributed by atoms with Gasteiger partial charge in [-0.3, -0.25) is 4.90 Å². The van der Waals surface area contributed by atoms with Gasteiger partial charge in [-0.25, -0.2) is 9.78 Å². The molecule has 2 aliphatic rings. The fraction of sp³-hybridized carbons (Fsp3) is 0.350. The third kappa shape index (κ3) is 3.68. The van der Waals surface area contributed by atoms with Crippen LogP contribution in [-0.4, -0.2) is 38.9 Å². The molecule has 5 rings (SSSR count). The smallest absolute Gasteiger partial charge is 0.415 e. The van der Waals surface area contributed by atoms with Crippen molar-refractivity contribution in [2.45, 2.75) is 31.8 Å². The molecule has 154 valence electrons. The average Bonchev–Trinajstić information content (AvgIpc) is 3.33. The van der Waals surface area contributed by atoms with E-state index in [2.05, 4.69) is 25.4 Å². The molecule has 1 saturated carbocycles. The second-order valence-electron chi connectivity index (χ2n) is 7.42. The van der Waals surface area contributed by atoms with Crippen LogP contribution in [0.2, 0.25) is 5.02 Å². The highest BCUT2D eigenvalue weighted by molar-refractivity contribution is 6.30. The molecule has 2 aromatic heterocycles. The van der Waals surface area contributed by atoms with Gasteiger partial charge in [-0.1, -0.05) is 16.8 Å². The normalized spacial score (nSPS) is 19.6. The fourth-order valence-electron chi connectivity index (χ4n) is 3.46. The van der Waals surface area contributed by atoms with Crippen molar-refractivity contribution in [1.82, 2.24) is 20.1 Å². The van der Waals surface area contributed by atoms with E-state index < -0.39 is 0 Å². The van der Waals surface area contributed by atoms with Crippen LogP contribution in [0.15, 0.2) is 41.1 Å². The van der Waals surface area contributed by atoms with E-state index >= 15 is 0 Å². The molecular weight excluding hydrogens is 408 g/mol. The van der Waals surface area contributed by atoms with E-state index in [1.807, 2.05) is 19.1 Å². The van der Waals surface area contributed by atoms with Crippen molar-refractivity contribution in [3.63, 3.8) is 0 Å². The standard InChI is InChI=1S/C20H19ClN6O3/c1-11(18-25-17(26-30-18)13-4-6-14(21)7-5-13)23-19-22-9-8-16(24-19)27-15(12-2-3-12)10-29-20(27)28/h4-9,11-12,15H,2-3,10H2,1H3,(H,22,23,24)/t11-,15+/m0/s1. The summed E-state index contributed by atoms with van der Waals surface area (Å²) in [6.45, 7) is 2.27. The summed E-state index contributed by atoms with van der Waals surface area (Å²) < 4.78 is 10.6. The minimum Gasteiger partial charge on any atom is -0.447 e. The summed E-state index contributed by atoms with van der Waals surface area (Å²) in [5.74, 6) is 2.22. The molecule has 9 nitrogen and oxygen atoms in total. The first-order valence-electron chi connectivity index (χ1n) is 9.73. The summed E-state index contributed by atoms with van der Waals surface area (Å²) in [4.78, 5) is 27.0. The van der Waals surface area contributed by atoms with Gasteiger partial charge in [-0.15, -0.1) is 0 Å². The Morgan fingerprint density at radius 3 is 2.77 bits per heavy atom. The molecule has 1 aliphatic heterocycles. The summed E-state index contributed by atoms with van der Waals surface area (Å²) in [7, 11) is 0. The molecule has 0 unspecified atom stereocenters. The van der Waals surface area contributed by atoms with Crippen molar-refractivity contribution in [1.29, 1.82) is 0 Å². The van der Waals surface area contributed by atoms with E-state index in [-0.39, 0.29) is 18.2 Å². The van der Waals surface area contributed by atoms with Crippen molar-refractivity contribution in [2.75, 3.05) is 16.8 Å². The first-order chi connectivity index (χ1) is 14.6. The average molecular weight is 427 g/mol. The van der Waals surface area contributed by atoms with Crippen LogP contribution in [0.5, 0.6) is 0 Å². The molecule has 1 aromatic carbocycles. The van der Waals surface area contributed by atoms with Crippen LogP contribution in [0.25, 0.3) is 11.4 Å². The van der Waals surface area contributed by atoms with E-state index in [9.17, 15) is 4.79 Å².